The molecule has 1 aliphatic rings. The Balaban J connectivity index is 1.89. The molecule has 1 aromatic heterocycles. The minimum Gasteiger partial charge on any atom is -0.370 e. The molecule has 0 bridgehead atoms. The Bertz CT molecular complexity index is 693. The second kappa shape index (κ2) is 6.37. The number of halogens is 4. The molecule has 1 unspecified atom stereocenters. The molecule has 122 valence electrons. The number of anilines is 1. The minimum absolute atomic E-state index is 0.0691. The van der Waals surface area contributed by atoms with Crippen molar-refractivity contribution in [2.45, 2.75) is 12.3 Å². The number of alkyl halides is 3. The van der Waals surface area contributed by atoms with Gasteiger partial charge in [0.1, 0.15) is 11.9 Å². The SMILES string of the molecule is FC(F)(F)c1cccnc1N1CCOC(c2ccccc2Cl)C1. The number of benzene rings is 1. The molecule has 2 heterocycles. The zero-order valence-electron chi connectivity index (χ0n) is 12.1. The number of ether oxygens (including phenoxy) is 1. The van der Waals surface area contributed by atoms with Crippen LogP contribution in [-0.2, 0) is 10.9 Å². The van der Waals surface area contributed by atoms with Gasteiger partial charge < -0.3 is 9.64 Å². The van der Waals surface area contributed by atoms with E-state index in [-0.39, 0.29) is 18.5 Å². The number of rotatable bonds is 2. The molecule has 0 N–H and O–H groups in total. The Hall–Kier alpha value is -1.79. The van der Waals surface area contributed by atoms with Gasteiger partial charge in [-0.05, 0) is 18.2 Å². The van der Waals surface area contributed by atoms with Crippen molar-refractivity contribution in [1.82, 2.24) is 4.98 Å². The molecule has 23 heavy (non-hydrogen) atoms. The van der Waals surface area contributed by atoms with Crippen molar-refractivity contribution in [2.24, 2.45) is 0 Å². The largest absolute Gasteiger partial charge is 0.419 e. The molecule has 1 aromatic carbocycles. The number of aromatic nitrogens is 1. The van der Waals surface area contributed by atoms with E-state index < -0.39 is 11.7 Å². The third kappa shape index (κ3) is 3.43. The predicted octanol–water partition coefficient (Wildman–Crippen LogP) is 4.33. The highest BCUT2D eigenvalue weighted by molar-refractivity contribution is 6.31. The fraction of sp³-hybridized carbons (Fsp3) is 0.312. The Morgan fingerprint density at radius 3 is 2.70 bits per heavy atom. The molecular formula is C16H14ClF3N2O. The van der Waals surface area contributed by atoms with Crippen LogP contribution in [0.25, 0.3) is 0 Å². The van der Waals surface area contributed by atoms with Crippen LogP contribution in [0.15, 0.2) is 42.6 Å². The molecule has 0 aliphatic carbocycles. The van der Waals surface area contributed by atoms with Crippen LogP contribution in [0.4, 0.5) is 19.0 Å². The number of nitrogens with zero attached hydrogens (tertiary/aromatic N) is 2. The zero-order valence-corrected chi connectivity index (χ0v) is 12.8. The minimum atomic E-state index is -4.44. The maximum Gasteiger partial charge on any atom is 0.419 e. The van der Waals surface area contributed by atoms with Crippen molar-refractivity contribution in [3.8, 4) is 0 Å². The van der Waals surface area contributed by atoms with Crippen molar-refractivity contribution in [3.63, 3.8) is 0 Å². The van der Waals surface area contributed by atoms with Gasteiger partial charge in [0, 0.05) is 29.9 Å². The van der Waals surface area contributed by atoms with E-state index in [1.165, 1.54) is 12.3 Å². The summed E-state index contributed by atoms with van der Waals surface area (Å²) in [7, 11) is 0. The third-order valence-electron chi connectivity index (χ3n) is 3.71. The average Bonchev–Trinajstić information content (AvgIpc) is 2.55. The molecule has 7 heteroatoms. The standard InChI is InChI=1S/C16H14ClF3N2O/c17-13-6-2-1-4-11(13)14-10-22(8-9-23-14)15-12(16(18,19)20)5-3-7-21-15/h1-7,14H,8-10H2. The van der Waals surface area contributed by atoms with Gasteiger partial charge in [0.05, 0.1) is 12.2 Å². The maximum absolute atomic E-state index is 13.2. The lowest BCUT2D eigenvalue weighted by Gasteiger charge is -2.35. The summed E-state index contributed by atoms with van der Waals surface area (Å²) in [5, 5.41) is 0.538. The van der Waals surface area contributed by atoms with Crippen LogP contribution in [0, 0.1) is 0 Å². The van der Waals surface area contributed by atoms with Crippen LogP contribution in [0.5, 0.6) is 0 Å². The van der Waals surface area contributed by atoms with Crippen molar-refractivity contribution in [3.05, 3.63) is 58.7 Å². The fourth-order valence-electron chi connectivity index (χ4n) is 2.64. The van der Waals surface area contributed by atoms with E-state index in [4.69, 9.17) is 16.3 Å². The van der Waals surface area contributed by atoms with Crippen molar-refractivity contribution in [1.29, 1.82) is 0 Å². The third-order valence-corrected chi connectivity index (χ3v) is 4.05. The van der Waals surface area contributed by atoms with Gasteiger partial charge in [0.2, 0.25) is 0 Å². The van der Waals surface area contributed by atoms with Crippen LogP contribution >= 0.6 is 11.6 Å². The summed E-state index contributed by atoms with van der Waals surface area (Å²) in [4.78, 5) is 5.53. The first-order chi connectivity index (χ1) is 11.0. The normalized spacial score (nSPS) is 19.0. The molecule has 3 rings (SSSR count). The van der Waals surface area contributed by atoms with E-state index in [0.29, 0.717) is 18.2 Å². The van der Waals surface area contributed by atoms with Gasteiger partial charge in [-0.15, -0.1) is 0 Å². The molecule has 1 saturated heterocycles. The molecule has 2 aromatic rings. The first-order valence-electron chi connectivity index (χ1n) is 7.10. The number of morpholine rings is 1. The zero-order chi connectivity index (χ0) is 16.4. The molecule has 3 nitrogen and oxygen atoms in total. The predicted molar refractivity (Wildman–Crippen MR) is 81.6 cm³/mol. The Morgan fingerprint density at radius 1 is 1.17 bits per heavy atom. The lowest BCUT2D eigenvalue weighted by Crippen LogP contribution is -2.40. The van der Waals surface area contributed by atoms with Crippen molar-refractivity contribution < 1.29 is 17.9 Å². The summed E-state index contributed by atoms with van der Waals surface area (Å²) < 4.78 is 45.2. The van der Waals surface area contributed by atoms with Crippen LogP contribution in [0.2, 0.25) is 5.02 Å². The van der Waals surface area contributed by atoms with E-state index >= 15 is 0 Å². The molecule has 1 aliphatic heterocycles. The summed E-state index contributed by atoms with van der Waals surface area (Å²) in [5.74, 6) is -0.0691. The molecule has 0 saturated carbocycles. The summed E-state index contributed by atoms with van der Waals surface area (Å²) in [6.07, 6.45) is -3.47. The van der Waals surface area contributed by atoms with Gasteiger partial charge >= 0.3 is 6.18 Å². The quantitative estimate of drug-likeness (QED) is 0.812. The van der Waals surface area contributed by atoms with Crippen molar-refractivity contribution in [2.75, 3.05) is 24.6 Å². The lowest BCUT2D eigenvalue weighted by molar-refractivity contribution is -0.137. The smallest absolute Gasteiger partial charge is 0.370 e. The van der Waals surface area contributed by atoms with Gasteiger partial charge in [0.15, 0.2) is 0 Å². The summed E-state index contributed by atoms with van der Waals surface area (Å²) in [6.45, 7) is 0.925. The Morgan fingerprint density at radius 2 is 1.96 bits per heavy atom. The fourth-order valence-corrected chi connectivity index (χ4v) is 2.89. The summed E-state index contributed by atoms with van der Waals surface area (Å²) in [5.41, 5.74) is 0.0307. The molecule has 1 atom stereocenters. The topological polar surface area (TPSA) is 25.4 Å². The monoisotopic (exact) mass is 342 g/mol. The van der Waals surface area contributed by atoms with Crippen LogP contribution < -0.4 is 4.90 Å². The number of pyridine rings is 1. The van der Waals surface area contributed by atoms with Crippen LogP contribution in [-0.4, -0.2) is 24.7 Å². The van der Waals surface area contributed by atoms with Gasteiger partial charge in [-0.2, -0.15) is 13.2 Å². The maximum atomic E-state index is 13.2. The van der Waals surface area contributed by atoms with E-state index in [0.717, 1.165) is 11.6 Å². The summed E-state index contributed by atoms with van der Waals surface area (Å²) in [6, 6.07) is 9.51. The molecule has 0 spiro atoms. The first kappa shape index (κ1) is 16.1. The second-order valence-electron chi connectivity index (χ2n) is 5.20. The van der Waals surface area contributed by atoms with Gasteiger partial charge in [-0.1, -0.05) is 29.8 Å². The number of hydrogen-bond donors (Lipinski definition) is 0. The molecule has 0 amide bonds. The highest BCUT2D eigenvalue weighted by Gasteiger charge is 2.37. The van der Waals surface area contributed by atoms with E-state index in [1.54, 1.807) is 17.0 Å². The van der Waals surface area contributed by atoms with Gasteiger partial charge in [0.25, 0.3) is 0 Å². The van der Waals surface area contributed by atoms with Gasteiger partial charge in [-0.3, -0.25) is 0 Å². The van der Waals surface area contributed by atoms with E-state index in [2.05, 4.69) is 4.98 Å². The van der Waals surface area contributed by atoms with E-state index in [9.17, 15) is 13.2 Å². The highest BCUT2D eigenvalue weighted by Crippen LogP contribution is 2.37. The lowest BCUT2D eigenvalue weighted by atomic mass is 10.1. The van der Waals surface area contributed by atoms with Gasteiger partial charge in [-0.25, -0.2) is 4.98 Å². The molecule has 1 fully saturated rings. The van der Waals surface area contributed by atoms with E-state index in [1.807, 2.05) is 12.1 Å². The Kier molecular flexibility index (Phi) is 4.46. The highest BCUT2D eigenvalue weighted by atomic mass is 35.5. The Labute approximate surface area is 136 Å². The number of hydrogen-bond acceptors (Lipinski definition) is 3. The van der Waals surface area contributed by atoms with Crippen molar-refractivity contribution >= 4 is 17.4 Å². The average molecular weight is 343 g/mol. The first-order valence-corrected chi connectivity index (χ1v) is 7.48. The summed E-state index contributed by atoms with van der Waals surface area (Å²) >= 11 is 6.16. The van der Waals surface area contributed by atoms with Crippen LogP contribution in [0.3, 0.4) is 0 Å². The second-order valence-corrected chi connectivity index (χ2v) is 5.61. The molecule has 0 radical (unpaired) electrons. The van der Waals surface area contributed by atoms with Crippen LogP contribution in [0.1, 0.15) is 17.2 Å². The molecular weight excluding hydrogens is 329 g/mol.